The number of hydrogen-bond acceptors (Lipinski definition) is 2. The Hall–Kier alpha value is -0.860. The second-order valence-electron chi connectivity index (χ2n) is 7.17. The molecule has 0 radical (unpaired) electrons. The molecular weight excluding hydrogens is 256 g/mol. The largest absolute Gasteiger partial charge is 0.308 e. The maximum atomic E-state index is 3.82. The molecular formula is C19H32N2. The lowest BCUT2D eigenvalue weighted by Crippen LogP contribution is -2.68. The van der Waals surface area contributed by atoms with Crippen LogP contribution in [-0.2, 0) is 5.54 Å². The predicted molar refractivity (Wildman–Crippen MR) is 91.6 cm³/mol. The van der Waals surface area contributed by atoms with Crippen molar-refractivity contribution < 1.29 is 0 Å². The van der Waals surface area contributed by atoms with E-state index in [9.17, 15) is 0 Å². The molecule has 2 heteroatoms. The van der Waals surface area contributed by atoms with Crippen molar-refractivity contribution in [1.29, 1.82) is 0 Å². The molecule has 0 aliphatic carbocycles. The fourth-order valence-corrected chi connectivity index (χ4v) is 3.61. The van der Waals surface area contributed by atoms with Crippen molar-refractivity contribution in [2.45, 2.75) is 71.0 Å². The topological polar surface area (TPSA) is 15.3 Å². The van der Waals surface area contributed by atoms with Crippen molar-refractivity contribution in [3.05, 3.63) is 35.9 Å². The molecule has 1 aliphatic heterocycles. The molecule has 2 nitrogen and oxygen atoms in total. The van der Waals surface area contributed by atoms with Crippen molar-refractivity contribution in [1.82, 2.24) is 10.2 Å². The highest BCUT2D eigenvalue weighted by Gasteiger charge is 2.44. The van der Waals surface area contributed by atoms with Gasteiger partial charge >= 0.3 is 0 Å². The first-order valence-electron chi connectivity index (χ1n) is 8.52. The van der Waals surface area contributed by atoms with Crippen molar-refractivity contribution >= 4 is 0 Å². The van der Waals surface area contributed by atoms with Crippen molar-refractivity contribution in [2.24, 2.45) is 0 Å². The maximum absolute atomic E-state index is 3.82. The van der Waals surface area contributed by atoms with E-state index in [0.29, 0.717) is 6.04 Å². The lowest BCUT2D eigenvalue weighted by molar-refractivity contribution is -0.0149. The molecule has 0 saturated carbocycles. The van der Waals surface area contributed by atoms with Gasteiger partial charge in [0.2, 0.25) is 0 Å². The van der Waals surface area contributed by atoms with E-state index in [1.165, 1.54) is 24.8 Å². The molecule has 118 valence electrons. The summed E-state index contributed by atoms with van der Waals surface area (Å²) in [5.74, 6) is 0. The summed E-state index contributed by atoms with van der Waals surface area (Å²) >= 11 is 0. The molecule has 0 aromatic heterocycles. The van der Waals surface area contributed by atoms with E-state index in [-0.39, 0.29) is 11.1 Å². The number of nitrogens with one attached hydrogen (secondary N) is 1. The average molecular weight is 288 g/mol. The van der Waals surface area contributed by atoms with Crippen LogP contribution < -0.4 is 5.32 Å². The summed E-state index contributed by atoms with van der Waals surface area (Å²) in [6.45, 7) is 13.9. The van der Waals surface area contributed by atoms with Crippen molar-refractivity contribution in [2.75, 3.05) is 13.1 Å². The Kier molecular flexibility index (Phi) is 5.11. The molecule has 1 saturated heterocycles. The van der Waals surface area contributed by atoms with Crippen molar-refractivity contribution in [3.63, 3.8) is 0 Å². The van der Waals surface area contributed by atoms with E-state index in [2.05, 4.69) is 75.2 Å². The predicted octanol–water partition coefficient (Wildman–Crippen LogP) is 4.16. The molecule has 1 heterocycles. The van der Waals surface area contributed by atoms with Crippen LogP contribution in [0.25, 0.3) is 0 Å². The summed E-state index contributed by atoms with van der Waals surface area (Å²) in [4.78, 5) is 2.74. The van der Waals surface area contributed by atoms with Gasteiger partial charge in [-0.15, -0.1) is 0 Å². The van der Waals surface area contributed by atoms with E-state index >= 15 is 0 Å². The van der Waals surface area contributed by atoms with Gasteiger partial charge in [0.15, 0.2) is 0 Å². The Labute approximate surface area is 130 Å². The fourth-order valence-electron chi connectivity index (χ4n) is 3.61. The first-order valence-corrected chi connectivity index (χ1v) is 8.52. The molecule has 1 aromatic rings. The van der Waals surface area contributed by atoms with E-state index < -0.39 is 0 Å². The van der Waals surface area contributed by atoms with Gasteiger partial charge in [-0.25, -0.2) is 0 Å². The van der Waals surface area contributed by atoms with Crippen LogP contribution in [0, 0.1) is 0 Å². The van der Waals surface area contributed by atoms with Gasteiger partial charge in [-0.2, -0.15) is 0 Å². The normalized spacial score (nSPS) is 32.0. The zero-order valence-electron chi connectivity index (χ0n) is 14.4. The Morgan fingerprint density at radius 3 is 2.43 bits per heavy atom. The molecule has 1 N–H and O–H groups in total. The van der Waals surface area contributed by atoms with E-state index in [1.807, 2.05) is 0 Å². The number of rotatable bonds is 5. The van der Waals surface area contributed by atoms with E-state index in [4.69, 9.17) is 0 Å². The first kappa shape index (κ1) is 16.5. The van der Waals surface area contributed by atoms with Gasteiger partial charge in [-0.05, 0) is 39.2 Å². The van der Waals surface area contributed by atoms with Gasteiger partial charge in [-0.1, -0.05) is 50.6 Å². The van der Waals surface area contributed by atoms with E-state index in [1.54, 1.807) is 0 Å². The molecule has 21 heavy (non-hydrogen) atoms. The van der Waals surface area contributed by atoms with Crippen LogP contribution in [0.15, 0.2) is 30.3 Å². The summed E-state index contributed by atoms with van der Waals surface area (Å²) < 4.78 is 0. The number of piperazine rings is 1. The quantitative estimate of drug-likeness (QED) is 0.875. The second kappa shape index (κ2) is 6.50. The van der Waals surface area contributed by atoms with Crippen LogP contribution in [-0.4, -0.2) is 29.6 Å². The van der Waals surface area contributed by atoms with Crippen molar-refractivity contribution in [3.8, 4) is 0 Å². The van der Waals surface area contributed by atoms with Crippen LogP contribution in [0.1, 0.15) is 59.4 Å². The van der Waals surface area contributed by atoms with Crippen LogP contribution in [0.3, 0.4) is 0 Å². The molecule has 2 rings (SSSR count). The van der Waals surface area contributed by atoms with E-state index in [0.717, 1.165) is 13.1 Å². The van der Waals surface area contributed by atoms with Gasteiger partial charge in [0.25, 0.3) is 0 Å². The average Bonchev–Trinajstić information content (AvgIpc) is 2.51. The first-order chi connectivity index (χ1) is 9.95. The van der Waals surface area contributed by atoms with Gasteiger partial charge < -0.3 is 5.32 Å². The standard InChI is InChI=1S/C19H32N2/c1-6-11-16(3)21-15-18(4,7-2)20-14-19(21,5)17-12-9-8-10-13-17/h8-10,12-13,16,20H,6-7,11,14-15H2,1-5H3. The zero-order chi connectivity index (χ0) is 15.5. The summed E-state index contributed by atoms with van der Waals surface area (Å²) in [5, 5.41) is 3.82. The Morgan fingerprint density at radius 2 is 1.86 bits per heavy atom. The lowest BCUT2D eigenvalue weighted by Gasteiger charge is -2.55. The van der Waals surface area contributed by atoms with Crippen LogP contribution in [0.4, 0.5) is 0 Å². The number of nitrogens with zero attached hydrogens (tertiary/aromatic N) is 1. The second-order valence-corrected chi connectivity index (χ2v) is 7.17. The molecule has 1 aliphatic rings. The minimum absolute atomic E-state index is 0.0878. The molecule has 3 unspecified atom stereocenters. The Balaban J connectivity index is 2.34. The van der Waals surface area contributed by atoms with Crippen LogP contribution in [0.5, 0.6) is 0 Å². The highest BCUT2D eigenvalue weighted by atomic mass is 15.3. The third-order valence-electron chi connectivity index (χ3n) is 5.43. The SMILES string of the molecule is CCCC(C)N1CC(C)(CC)NCC1(C)c1ccccc1. The molecule has 1 aromatic carbocycles. The molecule has 1 fully saturated rings. The van der Waals surface area contributed by atoms with Gasteiger partial charge in [-0.3, -0.25) is 4.90 Å². The lowest BCUT2D eigenvalue weighted by atomic mass is 9.81. The fraction of sp³-hybridized carbons (Fsp3) is 0.684. The highest BCUT2D eigenvalue weighted by molar-refractivity contribution is 5.26. The number of benzene rings is 1. The van der Waals surface area contributed by atoms with Gasteiger partial charge in [0.05, 0.1) is 5.54 Å². The summed E-state index contributed by atoms with van der Waals surface area (Å²) in [5.41, 5.74) is 1.75. The highest BCUT2D eigenvalue weighted by Crippen LogP contribution is 2.36. The minimum atomic E-state index is 0.0878. The van der Waals surface area contributed by atoms with Crippen LogP contribution in [0.2, 0.25) is 0 Å². The third-order valence-corrected chi connectivity index (χ3v) is 5.43. The summed E-state index contributed by atoms with van der Waals surface area (Å²) in [7, 11) is 0. The van der Waals surface area contributed by atoms with Crippen LogP contribution >= 0.6 is 0 Å². The molecule has 3 atom stereocenters. The Bertz CT molecular complexity index is 444. The Morgan fingerprint density at radius 1 is 1.19 bits per heavy atom. The minimum Gasteiger partial charge on any atom is -0.308 e. The molecule has 0 amide bonds. The third kappa shape index (κ3) is 3.32. The molecule has 0 bridgehead atoms. The smallest absolute Gasteiger partial charge is 0.0560 e. The van der Waals surface area contributed by atoms with Gasteiger partial charge in [0.1, 0.15) is 0 Å². The number of hydrogen-bond donors (Lipinski definition) is 1. The monoisotopic (exact) mass is 288 g/mol. The van der Waals surface area contributed by atoms with Gasteiger partial charge in [0, 0.05) is 24.7 Å². The zero-order valence-corrected chi connectivity index (χ0v) is 14.4. The molecule has 0 spiro atoms. The summed E-state index contributed by atoms with van der Waals surface area (Å²) in [6, 6.07) is 11.6. The summed E-state index contributed by atoms with van der Waals surface area (Å²) in [6.07, 6.45) is 3.69. The maximum Gasteiger partial charge on any atom is 0.0560 e.